The molecule has 0 bridgehead atoms. The summed E-state index contributed by atoms with van der Waals surface area (Å²) in [5, 5.41) is 2.67. The lowest BCUT2D eigenvalue weighted by molar-refractivity contribution is -0.139. The van der Waals surface area contributed by atoms with E-state index in [-0.39, 0.29) is 18.9 Å². The molecule has 3 rings (SSSR count). The quantitative estimate of drug-likeness (QED) is 0.417. The Morgan fingerprint density at radius 3 is 2.24 bits per heavy atom. The fraction of sp³-hybridized carbons (Fsp3) is 0.286. The van der Waals surface area contributed by atoms with Crippen molar-refractivity contribution in [2.45, 2.75) is 25.9 Å². The second-order valence-corrected chi connectivity index (χ2v) is 10.7. The third-order valence-corrected chi connectivity index (χ3v) is 7.11. The van der Waals surface area contributed by atoms with Crippen LogP contribution in [0.3, 0.4) is 0 Å². The maximum atomic E-state index is 13.9. The molecular formula is C28H33N3O5S. The number of hydrogen-bond acceptors (Lipinski definition) is 5. The third kappa shape index (κ3) is 7.57. The fourth-order valence-corrected chi connectivity index (χ4v) is 4.95. The highest BCUT2D eigenvalue weighted by molar-refractivity contribution is 7.92. The van der Waals surface area contributed by atoms with Gasteiger partial charge < -0.3 is 15.0 Å². The number of benzene rings is 3. The molecule has 0 unspecified atom stereocenters. The van der Waals surface area contributed by atoms with Crippen LogP contribution < -0.4 is 14.4 Å². The summed E-state index contributed by atoms with van der Waals surface area (Å²) in [6.07, 6.45) is 1.32. The SMILES string of the molecule is CNC(=O)[C@@H](Cc1ccccc1)N(Cc1cccc(C)c1)C(=O)CN(c1cccc(OC)c1)S(C)(=O)=O. The van der Waals surface area contributed by atoms with Crippen LogP contribution in [-0.2, 0) is 32.6 Å². The lowest BCUT2D eigenvalue weighted by atomic mass is 10.0. The summed E-state index contributed by atoms with van der Waals surface area (Å²) in [4.78, 5) is 28.4. The molecule has 3 aromatic carbocycles. The molecule has 196 valence electrons. The van der Waals surface area contributed by atoms with Gasteiger partial charge in [-0.2, -0.15) is 0 Å². The number of methoxy groups -OCH3 is 1. The number of rotatable bonds is 11. The summed E-state index contributed by atoms with van der Waals surface area (Å²) < 4.78 is 31.8. The minimum atomic E-state index is -3.83. The van der Waals surface area contributed by atoms with Gasteiger partial charge in [-0.3, -0.25) is 13.9 Å². The molecule has 3 aromatic rings. The maximum Gasteiger partial charge on any atom is 0.244 e. The predicted molar refractivity (Wildman–Crippen MR) is 145 cm³/mol. The highest BCUT2D eigenvalue weighted by Gasteiger charge is 2.32. The number of anilines is 1. The van der Waals surface area contributed by atoms with E-state index in [0.717, 1.165) is 27.3 Å². The van der Waals surface area contributed by atoms with Crippen molar-refractivity contribution >= 4 is 27.5 Å². The van der Waals surface area contributed by atoms with Crippen LogP contribution in [0.5, 0.6) is 5.75 Å². The summed E-state index contributed by atoms with van der Waals surface area (Å²) in [7, 11) is -0.827. The second kappa shape index (κ2) is 12.4. The zero-order valence-electron chi connectivity index (χ0n) is 21.5. The van der Waals surface area contributed by atoms with Crippen LogP contribution in [0.25, 0.3) is 0 Å². The summed E-state index contributed by atoms with van der Waals surface area (Å²) in [5.74, 6) is -0.376. The molecule has 0 aliphatic heterocycles. The number of hydrogen-bond donors (Lipinski definition) is 1. The molecule has 8 nitrogen and oxygen atoms in total. The smallest absolute Gasteiger partial charge is 0.244 e. The van der Waals surface area contributed by atoms with Gasteiger partial charge in [0.05, 0.1) is 19.1 Å². The number of amides is 2. The van der Waals surface area contributed by atoms with Crippen LogP contribution >= 0.6 is 0 Å². The van der Waals surface area contributed by atoms with E-state index in [1.54, 1.807) is 24.3 Å². The van der Waals surface area contributed by atoms with Crippen LogP contribution in [-0.4, -0.2) is 58.1 Å². The lowest BCUT2D eigenvalue weighted by Gasteiger charge is -2.33. The Kier molecular flexibility index (Phi) is 9.30. The van der Waals surface area contributed by atoms with Gasteiger partial charge in [-0.05, 0) is 30.2 Å². The zero-order chi connectivity index (χ0) is 27.0. The predicted octanol–water partition coefficient (Wildman–Crippen LogP) is 3.16. The van der Waals surface area contributed by atoms with Crippen molar-refractivity contribution in [1.82, 2.24) is 10.2 Å². The molecule has 0 saturated heterocycles. The van der Waals surface area contributed by atoms with Crippen LogP contribution in [0.4, 0.5) is 5.69 Å². The van der Waals surface area contributed by atoms with Crippen molar-refractivity contribution in [2.24, 2.45) is 0 Å². The first-order chi connectivity index (χ1) is 17.6. The van der Waals surface area contributed by atoms with E-state index < -0.39 is 28.5 Å². The van der Waals surface area contributed by atoms with E-state index in [4.69, 9.17) is 4.74 Å². The average Bonchev–Trinajstić information content (AvgIpc) is 2.88. The van der Waals surface area contributed by atoms with Crippen LogP contribution in [0, 0.1) is 6.92 Å². The van der Waals surface area contributed by atoms with Crippen LogP contribution in [0.15, 0.2) is 78.9 Å². The molecule has 0 radical (unpaired) electrons. The molecule has 0 fully saturated rings. The van der Waals surface area contributed by atoms with Gasteiger partial charge in [-0.15, -0.1) is 0 Å². The van der Waals surface area contributed by atoms with Crippen molar-refractivity contribution in [3.63, 3.8) is 0 Å². The van der Waals surface area contributed by atoms with E-state index in [1.165, 1.54) is 19.1 Å². The Balaban J connectivity index is 2.03. The summed E-state index contributed by atoms with van der Waals surface area (Å²) >= 11 is 0. The number of carbonyl (C=O) groups excluding carboxylic acids is 2. The highest BCUT2D eigenvalue weighted by atomic mass is 32.2. The van der Waals surface area contributed by atoms with Crippen molar-refractivity contribution in [1.29, 1.82) is 0 Å². The van der Waals surface area contributed by atoms with E-state index in [1.807, 2.05) is 61.5 Å². The van der Waals surface area contributed by atoms with Crippen molar-refractivity contribution in [3.8, 4) is 5.75 Å². The number of likely N-dealkylation sites (N-methyl/N-ethyl adjacent to an activating group) is 1. The molecule has 0 aromatic heterocycles. The van der Waals surface area contributed by atoms with Crippen molar-refractivity contribution < 1.29 is 22.7 Å². The van der Waals surface area contributed by atoms with E-state index >= 15 is 0 Å². The van der Waals surface area contributed by atoms with Gasteiger partial charge in [0.1, 0.15) is 18.3 Å². The van der Waals surface area contributed by atoms with Gasteiger partial charge in [0.2, 0.25) is 21.8 Å². The van der Waals surface area contributed by atoms with Gasteiger partial charge >= 0.3 is 0 Å². The summed E-state index contributed by atoms with van der Waals surface area (Å²) in [6, 6.07) is 22.7. The van der Waals surface area contributed by atoms with Gasteiger partial charge in [0.25, 0.3) is 0 Å². The monoisotopic (exact) mass is 523 g/mol. The standard InChI is InChI=1S/C28H33N3O5S/c1-21-10-8-13-23(16-21)19-30(26(28(33)29-2)17-22-11-6-5-7-12-22)27(32)20-31(37(4,34)35)24-14-9-15-25(18-24)36-3/h5-16,18,26H,17,19-20H2,1-4H3,(H,29,33)/t26-/m1/s1. The number of nitrogens with one attached hydrogen (secondary N) is 1. The first kappa shape index (κ1) is 27.7. The lowest BCUT2D eigenvalue weighted by Crippen LogP contribution is -2.52. The average molecular weight is 524 g/mol. The minimum absolute atomic E-state index is 0.140. The molecule has 0 aliphatic carbocycles. The largest absolute Gasteiger partial charge is 0.497 e. The van der Waals surface area contributed by atoms with Crippen molar-refractivity contribution in [3.05, 3.63) is 95.6 Å². The molecule has 0 spiro atoms. The normalized spacial score (nSPS) is 11.9. The van der Waals surface area contributed by atoms with E-state index in [9.17, 15) is 18.0 Å². The molecule has 0 heterocycles. The highest BCUT2D eigenvalue weighted by Crippen LogP contribution is 2.24. The molecule has 1 atom stereocenters. The molecule has 2 amide bonds. The number of ether oxygens (including phenoxy) is 1. The number of sulfonamides is 1. The molecule has 9 heteroatoms. The van der Waals surface area contributed by atoms with Crippen molar-refractivity contribution in [2.75, 3.05) is 31.3 Å². The Bertz CT molecular complexity index is 1330. The number of carbonyl (C=O) groups is 2. The van der Waals surface area contributed by atoms with E-state index in [0.29, 0.717) is 11.4 Å². The number of aryl methyl sites for hydroxylation is 1. The molecule has 0 aliphatic rings. The summed E-state index contributed by atoms with van der Waals surface area (Å²) in [6.45, 7) is 1.62. The number of nitrogens with zero attached hydrogens (tertiary/aromatic N) is 2. The Labute approximate surface area is 218 Å². The Morgan fingerprint density at radius 2 is 1.62 bits per heavy atom. The van der Waals surface area contributed by atoms with Crippen LogP contribution in [0.2, 0.25) is 0 Å². The summed E-state index contributed by atoms with van der Waals surface area (Å²) in [5.41, 5.74) is 3.03. The Morgan fingerprint density at radius 1 is 0.946 bits per heavy atom. The molecule has 37 heavy (non-hydrogen) atoms. The second-order valence-electron chi connectivity index (χ2n) is 8.80. The molecule has 1 N–H and O–H groups in total. The van der Waals surface area contributed by atoms with Gasteiger partial charge in [0.15, 0.2) is 0 Å². The first-order valence-corrected chi connectivity index (χ1v) is 13.7. The Hall–Kier alpha value is -3.85. The molecular weight excluding hydrogens is 490 g/mol. The molecule has 0 saturated carbocycles. The van der Waals surface area contributed by atoms with E-state index in [2.05, 4.69) is 5.32 Å². The first-order valence-electron chi connectivity index (χ1n) is 11.8. The van der Waals surface area contributed by atoms with Gasteiger partial charge in [-0.1, -0.05) is 66.2 Å². The van der Waals surface area contributed by atoms with Gasteiger partial charge in [0, 0.05) is 26.1 Å². The zero-order valence-corrected chi connectivity index (χ0v) is 22.4. The third-order valence-electron chi connectivity index (χ3n) is 5.97. The van der Waals surface area contributed by atoms with Gasteiger partial charge in [-0.25, -0.2) is 8.42 Å². The maximum absolute atomic E-state index is 13.9. The van der Waals surface area contributed by atoms with Crippen LogP contribution in [0.1, 0.15) is 16.7 Å². The topological polar surface area (TPSA) is 96.0 Å². The minimum Gasteiger partial charge on any atom is -0.497 e. The fourth-order valence-electron chi connectivity index (χ4n) is 4.11.